The minimum Gasteiger partial charge on any atom is -0.325 e. The first kappa shape index (κ1) is 13.2. The maximum atomic E-state index is 12.6. The van der Waals surface area contributed by atoms with Crippen LogP contribution in [-0.4, -0.2) is 17.5 Å². The maximum absolute atomic E-state index is 12.6. The summed E-state index contributed by atoms with van der Waals surface area (Å²) in [6, 6.07) is 10.7. The Morgan fingerprint density at radius 1 is 0.955 bits per heavy atom. The molecule has 0 bridgehead atoms. The molecular weight excluding hydrogens is 298 g/mol. The van der Waals surface area contributed by atoms with Gasteiger partial charge < -0.3 is 5.32 Å². The molecule has 1 unspecified atom stereocenters. The van der Waals surface area contributed by atoms with Crippen molar-refractivity contribution in [3.63, 3.8) is 0 Å². The van der Waals surface area contributed by atoms with Crippen LogP contribution in [0.25, 0.3) is 5.70 Å². The Morgan fingerprint density at radius 3 is 2.45 bits per heavy atom. The molecule has 2 aromatic rings. The predicted octanol–water partition coefficient (Wildman–Crippen LogP) is 2.53. The largest absolute Gasteiger partial charge is 0.325 e. The average molecular weight is 309 g/mol. The highest BCUT2D eigenvalue weighted by atomic mass is 32.1. The van der Waals surface area contributed by atoms with E-state index in [4.69, 9.17) is 0 Å². The molecule has 22 heavy (non-hydrogen) atoms. The molecule has 1 N–H and O–H groups in total. The number of fused-ring (bicyclic) bond motifs is 2. The molecule has 5 heteroatoms. The monoisotopic (exact) mass is 309 g/mol. The molecule has 4 nitrogen and oxygen atoms in total. The van der Waals surface area contributed by atoms with Gasteiger partial charge in [0.1, 0.15) is 0 Å². The number of rotatable bonds is 1. The van der Waals surface area contributed by atoms with Gasteiger partial charge in [0.25, 0.3) is 0 Å². The highest BCUT2D eigenvalue weighted by Gasteiger charge is 2.41. The number of hydrogen-bond donors (Lipinski definition) is 1. The fourth-order valence-electron chi connectivity index (χ4n) is 3.08. The van der Waals surface area contributed by atoms with E-state index in [2.05, 4.69) is 5.32 Å². The molecule has 4 rings (SSSR count). The van der Waals surface area contributed by atoms with Gasteiger partial charge in [-0.3, -0.25) is 14.4 Å². The third kappa shape index (κ3) is 1.79. The van der Waals surface area contributed by atoms with E-state index >= 15 is 0 Å². The summed E-state index contributed by atoms with van der Waals surface area (Å²) in [4.78, 5) is 38.0. The number of hydrogen-bond acceptors (Lipinski definition) is 4. The molecule has 0 spiro atoms. The molecule has 0 radical (unpaired) electrons. The highest BCUT2D eigenvalue weighted by Crippen LogP contribution is 2.41. The summed E-state index contributed by atoms with van der Waals surface area (Å²) in [6.07, 6.45) is 0.195. The van der Waals surface area contributed by atoms with Gasteiger partial charge in [-0.1, -0.05) is 30.3 Å². The van der Waals surface area contributed by atoms with Crippen LogP contribution in [0.5, 0.6) is 0 Å². The van der Waals surface area contributed by atoms with E-state index in [1.807, 2.05) is 17.5 Å². The van der Waals surface area contributed by atoms with Gasteiger partial charge in [0.05, 0.1) is 5.70 Å². The normalized spacial score (nSPS) is 20.5. The van der Waals surface area contributed by atoms with Crippen molar-refractivity contribution < 1.29 is 14.4 Å². The van der Waals surface area contributed by atoms with Crippen molar-refractivity contribution in [1.29, 1.82) is 0 Å². The Morgan fingerprint density at radius 2 is 1.73 bits per heavy atom. The lowest BCUT2D eigenvalue weighted by molar-refractivity contribution is -0.120. The molecular formula is C17H11NO3S. The Kier molecular flexibility index (Phi) is 2.84. The molecule has 1 aromatic heterocycles. The summed E-state index contributed by atoms with van der Waals surface area (Å²) < 4.78 is 0. The molecule has 0 saturated heterocycles. The zero-order chi connectivity index (χ0) is 15.3. The van der Waals surface area contributed by atoms with Crippen LogP contribution >= 0.6 is 11.3 Å². The van der Waals surface area contributed by atoms with E-state index in [0.29, 0.717) is 22.4 Å². The van der Waals surface area contributed by atoms with Crippen LogP contribution in [0.1, 0.15) is 33.1 Å². The van der Waals surface area contributed by atoms with E-state index < -0.39 is 11.6 Å². The smallest absolute Gasteiger partial charge is 0.233 e. The molecule has 1 amide bonds. The summed E-state index contributed by atoms with van der Waals surface area (Å²) in [6.45, 7) is 0. The first-order chi connectivity index (χ1) is 10.7. The Labute approximate surface area is 130 Å². The van der Waals surface area contributed by atoms with Crippen LogP contribution in [0.2, 0.25) is 0 Å². The second-order valence-corrected chi connectivity index (χ2v) is 6.29. The Bertz CT molecular complexity index is 849. The number of benzene rings is 1. The van der Waals surface area contributed by atoms with E-state index in [9.17, 15) is 14.4 Å². The lowest BCUT2D eigenvalue weighted by atomic mass is 9.77. The predicted molar refractivity (Wildman–Crippen MR) is 82.5 cm³/mol. The van der Waals surface area contributed by atoms with E-state index in [1.165, 1.54) is 11.3 Å². The molecule has 1 aliphatic carbocycles. The van der Waals surface area contributed by atoms with Crippen molar-refractivity contribution in [2.45, 2.75) is 12.3 Å². The Balaban J connectivity index is 1.99. The van der Waals surface area contributed by atoms with Crippen molar-refractivity contribution in [2.75, 3.05) is 0 Å². The van der Waals surface area contributed by atoms with Gasteiger partial charge in [0.2, 0.25) is 17.5 Å². The summed E-state index contributed by atoms with van der Waals surface area (Å²) in [5, 5.41) is 4.70. The zero-order valence-electron chi connectivity index (χ0n) is 11.5. The van der Waals surface area contributed by atoms with Crippen LogP contribution < -0.4 is 5.32 Å². The molecule has 108 valence electrons. The number of allylic oxidation sites excluding steroid dienone is 1. The molecule has 0 fully saturated rings. The number of carbonyl (C=O) groups excluding carboxylic acids is 3. The maximum Gasteiger partial charge on any atom is 0.233 e. The number of amides is 1. The third-order valence-electron chi connectivity index (χ3n) is 4.05. The topological polar surface area (TPSA) is 63.2 Å². The number of carbonyl (C=O) groups is 3. The number of Topliss-reactive ketones (excluding diaryl/α,β-unsaturated/α-hetero) is 2. The van der Waals surface area contributed by atoms with E-state index in [0.717, 1.165) is 4.88 Å². The lowest BCUT2D eigenvalue weighted by Gasteiger charge is -2.30. The molecule has 1 atom stereocenters. The highest BCUT2D eigenvalue weighted by molar-refractivity contribution is 7.10. The van der Waals surface area contributed by atoms with Crippen LogP contribution in [0, 0.1) is 0 Å². The summed E-state index contributed by atoms with van der Waals surface area (Å²) in [7, 11) is 0. The fraction of sp³-hybridized carbons (Fsp3) is 0.118. The van der Waals surface area contributed by atoms with Gasteiger partial charge in [-0.05, 0) is 11.4 Å². The van der Waals surface area contributed by atoms with Gasteiger partial charge in [0.15, 0.2) is 0 Å². The fourth-order valence-corrected chi connectivity index (χ4v) is 3.92. The van der Waals surface area contributed by atoms with Crippen LogP contribution in [0.15, 0.2) is 47.4 Å². The lowest BCUT2D eigenvalue weighted by Crippen LogP contribution is -2.38. The van der Waals surface area contributed by atoms with E-state index in [1.54, 1.807) is 24.3 Å². The number of thiophene rings is 1. The van der Waals surface area contributed by atoms with Crippen molar-refractivity contribution in [3.8, 4) is 0 Å². The molecule has 2 heterocycles. The summed E-state index contributed by atoms with van der Waals surface area (Å²) >= 11 is 1.49. The number of nitrogens with one attached hydrogen (secondary N) is 1. The second-order valence-electron chi connectivity index (χ2n) is 5.31. The van der Waals surface area contributed by atoms with Gasteiger partial charge in [-0.25, -0.2) is 0 Å². The zero-order valence-corrected chi connectivity index (χ0v) is 12.3. The minimum absolute atomic E-state index is 0.130. The standard InChI is InChI=1S/C17H11NO3S/c19-13-8-11(12-6-3-7-22-12)14-15(18-13)9-4-1-2-5-10(9)16(20)17(14)21/h1-7,11H,8H2,(H,18,19). The molecule has 1 aromatic carbocycles. The Hall–Kier alpha value is -2.53. The summed E-state index contributed by atoms with van der Waals surface area (Å²) in [5.41, 5.74) is 1.91. The molecule has 0 saturated carbocycles. The summed E-state index contributed by atoms with van der Waals surface area (Å²) in [5.74, 6) is -1.47. The third-order valence-corrected chi connectivity index (χ3v) is 5.04. The average Bonchev–Trinajstić information content (AvgIpc) is 3.06. The quantitative estimate of drug-likeness (QED) is 0.823. The number of ketones is 2. The van der Waals surface area contributed by atoms with Crippen molar-refractivity contribution in [3.05, 3.63) is 63.4 Å². The van der Waals surface area contributed by atoms with Crippen molar-refractivity contribution in [2.24, 2.45) is 0 Å². The van der Waals surface area contributed by atoms with Gasteiger partial charge >= 0.3 is 0 Å². The van der Waals surface area contributed by atoms with Gasteiger partial charge in [-0.2, -0.15) is 0 Å². The first-order valence-corrected chi connectivity index (χ1v) is 7.80. The minimum atomic E-state index is -0.507. The SMILES string of the molecule is O=C1CC(c2cccs2)C2=C(N1)c1ccccc1C(=O)C2=O. The van der Waals surface area contributed by atoms with Gasteiger partial charge in [-0.15, -0.1) is 11.3 Å². The molecule has 2 aliphatic rings. The van der Waals surface area contributed by atoms with Gasteiger partial charge in [0, 0.05) is 33.9 Å². The second kappa shape index (κ2) is 4.74. The van der Waals surface area contributed by atoms with Crippen molar-refractivity contribution in [1.82, 2.24) is 5.32 Å². The van der Waals surface area contributed by atoms with E-state index in [-0.39, 0.29) is 18.2 Å². The van der Waals surface area contributed by atoms with Crippen LogP contribution in [-0.2, 0) is 9.59 Å². The van der Waals surface area contributed by atoms with Crippen molar-refractivity contribution >= 4 is 34.5 Å². The first-order valence-electron chi connectivity index (χ1n) is 6.92. The van der Waals surface area contributed by atoms with Crippen LogP contribution in [0.4, 0.5) is 0 Å². The van der Waals surface area contributed by atoms with Crippen LogP contribution in [0.3, 0.4) is 0 Å². The molecule has 1 aliphatic heterocycles.